The van der Waals surface area contributed by atoms with Crippen LogP contribution in [0.3, 0.4) is 0 Å². The molecule has 0 aliphatic carbocycles. The van der Waals surface area contributed by atoms with Gasteiger partial charge in [-0.1, -0.05) is 0 Å². The van der Waals surface area contributed by atoms with E-state index in [0.29, 0.717) is 0 Å². The third-order valence-corrected chi connectivity index (χ3v) is 2.53. The lowest BCUT2D eigenvalue weighted by Crippen LogP contribution is -2.57. The summed E-state index contributed by atoms with van der Waals surface area (Å²) in [5.74, 6) is -1.32. The Balaban J connectivity index is 2.69. The van der Waals surface area contributed by atoms with Gasteiger partial charge in [0.1, 0.15) is 6.04 Å². The van der Waals surface area contributed by atoms with E-state index in [2.05, 4.69) is 0 Å². The maximum Gasteiger partial charge on any atom is 0.303 e. The SMILES string of the molecule is CN1CC(=O)N(C)C(CCC(=O)O)C1=O. The molecule has 0 aromatic carbocycles. The number of aliphatic carboxylic acids is 1. The second-order valence-corrected chi connectivity index (χ2v) is 3.65. The predicted molar refractivity (Wildman–Crippen MR) is 51.1 cm³/mol. The number of carbonyl (C=O) groups excluding carboxylic acids is 2. The first-order chi connectivity index (χ1) is 6.93. The number of rotatable bonds is 3. The number of carbonyl (C=O) groups is 3. The summed E-state index contributed by atoms with van der Waals surface area (Å²) in [6.07, 6.45) is 0.0581. The summed E-state index contributed by atoms with van der Waals surface area (Å²) in [5.41, 5.74) is 0. The van der Waals surface area contributed by atoms with Crippen molar-refractivity contribution in [2.45, 2.75) is 18.9 Å². The van der Waals surface area contributed by atoms with E-state index in [0.717, 1.165) is 0 Å². The Bertz CT molecular complexity index is 302. The van der Waals surface area contributed by atoms with Crippen LogP contribution >= 0.6 is 0 Å². The fourth-order valence-electron chi connectivity index (χ4n) is 1.56. The lowest BCUT2D eigenvalue weighted by Gasteiger charge is -2.36. The number of nitrogens with zero attached hydrogens (tertiary/aromatic N) is 2. The average molecular weight is 214 g/mol. The van der Waals surface area contributed by atoms with Gasteiger partial charge < -0.3 is 14.9 Å². The summed E-state index contributed by atoms with van der Waals surface area (Å²) in [6.45, 7) is 0.0684. The molecule has 1 fully saturated rings. The van der Waals surface area contributed by atoms with Crippen molar-refractivity contribution in [2.75, 3.05) is 20.6 Å². The quantitative estimate of drug-likeness (QED) is 0.663. The van der Waals surface area contributed by atoms with Crippen molar-refractivity contribution in [2.24, 2.45) is 0 Å². The Morgan fingerprint density at radius 2 is 2.07 bits per heavy atom. The zero-order valence-electron chi connectivity index (χ0n) is 8.77. The van der Waals surface area contributed by atoms with E-state index in [1.165, 1.54) is 16.8 Å². The first-order valence-electron chi connectivity index (χ1n) is 4.66. The molecular weight excluding hydrogens is 200 g/mol. The normalized spacial score (nSPS) is 22.1. The van der Waals surface area contributed by atoms with Crippen LogP contribution in [0.5, 0.6) is 0 Å². The molecule has 1 heterocycles. The van der Waals surface area contributed by atoms with E-state index in [-0.39, 0.29) is 31.2 Å². The van der Waals surface area contributed by atoms with Crippen molar-refractivity contribution < 1.29 is 19.5 Å². The van der Waals surface area contributed by atoms with Gasteiger partial charge in [-0.05, 0) is 6.42 Å². The summed E-state index contributed by atoms with van der Waals surface area (Å²) in [6, 6.07) is -0.632. The van der Waals surface area contributed by atoms with Crippen molar-refractivity contribution >= 4 is 17.8 Å². The van der Waals surface area contributed by atoms with Gasteiger partial charge in [-0.2, -0.15) is 0 Å². The van der Waals surface area contributed by atoms with E-state index >= 15 is 0 Å². The molecule has 1 rings (SSSR count). The van der Waals surface area contributed by atoms with Gasteiger partial charge in [0.2, 0.25) is 11.8 Å². The minimum atomic E-state index is -0.961. The number of piperazine rings is 1. The Morgan fingerprint density at radius 3 is 2.60 bits per heavy atom. The number of carboxylic acids is 1. The molecule has 1 unspecified atom stereocenters. The molecule has 0 bridgehead atoms. The smallest absolute Gasteiger partial charge is 0.303 e. The molecule has 0 aromatic rings. The Labute approximate surface area is 87.5 Å². The Hall–Kier alpha value is -1.59. The molecule has 0 radical (unpaired) electrons. The highest BCUT2D eigenvalue weighted by molar-refractivity contribution is 5.94. The highest BCUT2D eigenvalue weighted by Gasteiger charge is 2.35. The van der Waals surface area contributed by atoms with E-state index < -0.39 is 12.0 Å². The maximum atomic E-state index is 11.6. The van der Waals surface area contributed by atoms with Gasteiger partial charge in [0.25, 0.3) is 0 Å². The molecule has 0 saturated carbocycles. The van der Waals surface area contributed by atoms with Gasteiger partial charge in [0.15, 0.2) is 0 Å². The molecule has 2 amide bonds. The second-order valence-electron chi connectivity index (χ2n) is 3.65. The molecule has 6 nitrogen and oxygen atoms in total. The van der Waals surface area contributed by atoms with Crippen molar-refractivity contribution in [3.05, 3.63) is 0 Å². The third-order valence-electron chi connectivity index (χ3n) is 2.53. The number of likely N-dealkylation sites (N-methyl/N-ethyl adjacent to an activating group) is 2. The largest absolute Gasteiger partial charge is 0.481 e. The van der Waals surface area contributed by atoms with Crippen molar-refractivity contribution in [3.8, 4) is 0 Å². The second kappa shape index (κ2) is 4.29. The molecule has 1 aliphatic heterocycles. The lowest BCUT2D eigenvalue weighted by molar-refractivity contribution is -0.153. The summed E-state index contributed by atoms with van der Waals surface area (Å²) in [7, 11) is 3.07. The van der Waals surface area contributed by atoms with Gasteiger partial charge in [0.05, 0.1) is 6.54 Å². The predicted octanol–water partition coefficient (Wildman–Crippen LogP) is -0.850. The summed E-state index contributed by atoms with van der Waals surface area (Å²) in [4.78, 5) is 36.1. The van der Waals surface area contributed by atoms with Crippen LogP contribution in [0.25, 0.3) is 0 Å². The van der Waals surface area contributed by atoms with Crippen LogP contribution in [0.1, 0.15) is 12.8 Å². The maximum absolute atomic E-state index is 11.6. The molecule has 1 atom stereocenters. The molecule has 6 heteroatoms. The van der Waals surface area contributed by atoms with Crippen LogP contribution in [0, 0.1) is 0 Å². The van der Waals surface area contributed by atoms with Crippen LogP contribution < -0.4 is 0 Å². The highest BCUT2D eigenvalue weighted by atomic mass is 16.4. The molecule has 0 aromatic heterocycles. The number of hydrogen-bond donors (Lipinski definition) is 1. The summed E-state index contributed by atoms with van der Waals surface area (Å²) < 4.78 is 0. The van der Waals surface area contributed by atoms with Crippen LogP contribution in [-0.2, 0) is 14.4 Å². The highest BCUT2D eigenvalue weighted by Crippen LogP contribution is 2.13. The van der Waals surface area contributed by atoms with Crippen LogP contribution in [0.4, 0.5) is 0 Å². The topological polar surface area (TPSA) is 77.9 Å². The molecular formula is C9H14N2O4. The van der Waals surface area contributed by atoms with E-state index in [1.54, 1.807) is 7.05 Å². The van der Waals surface area contributed by atoms with E-state index in [1.807, 2.05) is 0 Å². The zero-order valence-corrected chi connectivity index (χ0v) is 8.77. The molecule has 0 spiro atoms. The van der Waals surface area contributed by atoms with Crippen LogP contribution in [0.2, 0.25) is 0 Å². The minimum absolute atomic E-state index is 0.0684. The number of hydrogen-bond acceptors (Lipinski definition) is 3. The number of carboxylic acid groups (broad SMARTS) is 1. The molecule has 1 saturated heterocycles. The zero-order chi connectivity index (χ0) is 11.6. The fourth-order valence-corrected chi connectivity index (χ4v) is 1.56. The van der Waals surface area contributed by atoms with Crippen LogP contribution in [0.15, 0.2) is 0 Å². The van der Waals surface area contributed by atoms with Crippen molar-refractivity contribution in [1.29, 1.82) is 0 Å². The monoisotopic (exact) mass is 214 g/mol. The van der Waals surface area contributed by atoms with Crippen molar-refractivity contribution in [1.82, 2.24) is 9.80 Å². The Morgan fingerprint density at radius 1 is 1.47 bits per heavy atom. The van der Waals surface area contributed by atoms with Gasteiger partial charge >= 0.3 is 5.97 Å². The minimum Gasteiger partial charge on any atom is -0.481 e. The average Bonchev–Trinajstić information content (AvgIpc) is 2.14. The molecule has 15 heavy (non-hydrogen) atoms. The lowest BCUT2D eigenvalue weighted by atomic mass is 10.1. The number of amides is 2. The first-order valence-corrected chi connectivity index (χ1v) is 4.66. The van der Waals surface area contributed by atoms with Gasteiger partial charge in [-0.3, -0.25) is 14.4 Å². The van der Waals surface area contributed by atoms with E-state index in [9.17, 15) is 14.4 Å². The van der Waals surface area contributed by atoms with Gasteiger partial charge in [-0.25, -0.2) is 0 Å². The summed E-state index contributed by atoms with van der Waals surface area (Å²) in [5, 5.41) is 8.52. The van der Waals surface area contributed by atoms with Crippen LogP contribution in [-0.4, -0.2) is 59.4 Å². The molecule has 1 aliphatic rings. The van der Waals surface area contributed by atoms with Gasteiger partial charge in [-0.15, -0.1) is 0 Å². The Kier molecular flexibility index (Phi) is 3.28. The summed E-state index contributed by atoms with van der Waals surface area (Å²) >= 11 is 0. The van der Waals surface area contributed by atoms with Crippen molar-refractivity contribution in [3.63, 3.8) is 0 Å². The van der Waals surface area contributed by atoms with Gasteiger partial charge in [0, 0.05) is 20.5 Å². The van der Waals surface area contributed by atoms with E-state index in [4.69, 9.17) is 5.11 Å². The third kappa shape index (κ3) is 2.45. The molecule has 84 valence electrons. The fraction of sp³-hybridized carbons (Fsp3) is 0.667. The molecule has 1 N–H and O–H groups in total. The standard InChI is InChI=1S/C9H14N2O4/c1-10-5-7(12)11(2)6(9(10)15)3-4-8(13)14/h6H,3-5H2,1-2H3,(H,13,14). The first kappa shape index (κ1) is 11.5.